The first-order valence-electron chi connectivity index (χ1n) is 11.7. The third-order valence-corrected chi connectivity index (χ3v) is 6.19. The quantitative estimate of drug-likeness (QED) is 0.391. The zero-order valence-electron chi connectivity index (χ0n) is 19.8. The van der Waals surface area contributed by atoms with Gasteiger partial charge >= 0.3 is 0 Å². The Hall–Kier alpha value is -1.30. The Morgan fingerprint density at radius 3 is 2.57 bits per heavy atom. The van der Waals surface area contributed by atoms with E-state index in [0.717, 1.165) is 56.9 Å². The largest absolute Gasteiger partial charge is 0.493 e. The molecule has 0 aliphatic heterocycles. The lowest BCUT2D eigenvalue weighted by atomic mass is 9.91. The third-order valence-electron chi connectivity index (χ3n) is 6.19. The van der Waals surface area contributed by atoms with E-state index in [9.17, 15) is 0 Å². The number of hydrogen-bond donors (Lipinski definition) is 0. The molecular formula is C25H43NO4. The molecule has 0 saturated heterocycles. The van der Waals surface area contributed by atoms with Crippen molar-refractivity contribution < 1.29 is 18.9 Å². The number of hydrogen-bond acceptors (Lipinski definition) is 5. The topological polar surface area (TPSA) is 40.2 Å². The number of methoxy groups -OCH3 is 2. The Kier molecular flexibility index (Phi) is 11.6. The fourth-order valence-corrected chi connectivity index (χ4v) is 4.20. The summed E-state index contributed by atoms with van der Waals surface area (Å²) in [7, 11) is 5.59. The summed E-state index contributed by atoms with van der Waals surface area (Å²) in [5.74, 6) is 1.55. The summed E-state index contributed by atoms with van der Waals surface area (Å²) in [6.45, 7) is 7.08. The average Bonchev–Trinajstić information content (AvgIpc) is 2.77. The summed E-state index contributed by atoms with van der Waals surface area (Å²) in [4.78, 5) is 2.50. The number of likely N-dealkylation sites (N-methyl/N-ethyl adjacent to an activating group) is 1. The second-order valence-electron chi connectivity index (χ2n) is 8.50. The number of nitrogens with zero attached hydrogens (tertiary/aromatic N) is 1. The van der Waals surface area contributed by atoms with E-state index in [-0.39, 0.29) is 0 Å². The van der Waals surface area contributed by atoms with Gasteiger partial charge < -0.3 is 23.8 Å². The van der Waals surface area contributed by atoms with Gasteiger partial charge in [0.05, 0.1) is 33.0 Å². The molecule has 1 saturated carbocycles. The lowest BCUT2D eigenvalue weighted by molar-refractivity contribution is -0.0328. The van der Waals surface area contributed by atoms with Crippen molar-refractivity contribution in [2.75, 3.05) is 41.0 Å². The maximum Gasteiger partial charge on any atom is 0.160 e. The van der Waals surface area contributed by atoms with Gasteiger partial charge in [0, 0.05) is 19.2 Å². The van der Waals surface area contributed by atoms with Crippen molar-refractivity contribution in [3.05, 3.63) is 23.8 Å². The van der Waals surface area contributed by atoms with Crippen molar-refractivity contribution in [2.45, 2.75) is 83.5 Å². The highest BCUT2D eigenvalue weighted by Gasteiger charge is 2.29. The number of benzene rings is 1. The Balaban J connectivity index is 1.79. The standard InChI is InChI=1S/C25H43NO4/c1-6-7-17-29-20(2)14-16-26(3)22-10-8-9-11-23(22)30-18-15-21-12-13-24(27-4)25(19-21)28-5/h12-13,19-20,22-23H,6-11,14-18H2,1-5H3/t20?,22-,23-/m1/s1. The van der Waals surface area contributed by atoms with Crippen molar-refractivity contribution >= 4 is 0 Å². The van der Waals surface area contributed by atoms with Crippen molar-refractivity contribution in [3.63, 3.8) is 0 Å². The molecule has 1 aliphatic rings. The molecule has 30 heavy (non-hydrogen) atoms. The molecule has 0 bridgehead atoms. The number of ether oxygens (including phenoxy) is 4. The normalized spacial score (nSPS) is 20.3. The highest BCUT2D eigenvalue weighted by Crippen LogP contribution is 2.28. The maximum absolute atomic E-state index is 6.39. The van der Waals surface area contributed by atoms with Crippen LogP contribution in [0, 0.1) is 0 Å². The molecule has 172 valence electrons. The Bertz CT molecular complexity index is 595. The van der Waals surface area contributed by atoms with Crippen LogP contribution in [0.15, 0.2) is 18.2 Å². The fourth-order valence-electron chi connectivity index (χ4n) is 4.20. The van der Waals surface area contributed by atoms with Crippen LogP contribution in [0.1, 0.15) is 64.4 Å². The third kappa shape index (κ3) is 8.09. The van der Waals surface area contributed by atoms with E-state index in [1.54, 1.807) is 14.2 Å². The summed E-state index contributed by atoms with van der Waals surface area (Å²) in [5.41, 5.74) is 1.21. The summed E-state index contributed by atoms with van der Waals surface area (Å²) in [6, 6.07) is 6.61. The summed E-state index contributed by atoms with van der Waals surface area (Å²) in [5, 5.41) is 0. The maximum atomic E-state index is 6.39. The summed E-state index contributed by atoms with van der Waals surface area (Å²) in [6.07, 6.45) is 9.90. The van der Waals surface area contributed by atoms with E-state index in [1.807, 2.05) is 12.1 Å². The Morgan fingerprint density at radius 1 is 1.07 bits per heavy atom. The molecule has 1 aliphatic carbocycles. The van der Waals surface area contributed by atoms with Gasteiger partial charge in [-0.3, -0.25) is 0 Å². The van der Waals surface area contributed by atoms with Gasteiger partial charge in [-0.25, -0.2) is 0 Å². The van der Waals surface area contributed by atoms with E-state index in [2.05, 4.69) is 31.9 Å². The highest BCUT2D eigenvalue weighted by atomic mass is 16.5. The molecule has 0 amide bonds. The van der Waals surface area contributed by atoms with Gasteiger partial charge in [-0.2, -0.15) is 0 Å². The zero-order valence-corrected chi connectivity index (χ0v) is 19.8. The molecule has 0 radical (unpaired) electrons. The molecule has 1 aromatic carbocycles. The van der Waals surface area contributed by atoms with Crippen LogP contribution in [0.4, 0.5) is 0 Å². The summed E-state index contributed by atoms with van der Waals surface area (Å²) < 4.78 is 23.1. The van der Waals surface area contributed by atoms with Crippen LogP contribution in [0.2, 0.25) is 0 Å². The molecule has 5 nitrogen and oxygen atoms in total. The van der Waals surface area contributed by atoms with E-state index in [0.29, 0.717) is 18.2 Å². The minimum Gasteiger partial charge on any atom is -0.493 e. The van der Waals surface area contributed by atoms with Crippen LogP contribution in [-0.4, -0.2) is 64.2 Å². The molecule has 0 spiro atoms. The van der Waals surface area contributed by atoms with E-state index in [1.165, 1.54) is 31.2 Å². The average molecular weight is 422 g/mol. The molecule has 3 atom stereocenters. The van der Waals surface area contributed by atoms with Crippen molar-refractivity contribution in [3.8, 4) is 11.5 Å². The van der Waals surface area contributed by atoms with Crippen molar-refractivity contribution in [2.24, 2.45) is 0 Å². The zero-order chi connectivity index (χ0) is 21.8. The lowest BCUT2D eigenvalue weighted by Gasteiger charge is -2.38. The highest BCUT2D eigenvalue weighted by molar-refractivity contribution is 5.42. The van der Waals surface area contributed by atoms with E-state index in [4.69, 9.17) is 18.9 Å². The number of unbranched alkanes of at least 4 members (excludes halogenated alkanes) is 1. The first-order valence-corrected chi connectivity index (χ1v) is 11.7. The van der Waals surface area contributed by atoms with Gasteiger partial charge in [-0.15, -0.1) is 0 Å². The smallest absolute Gasteiger partial charge is 0.160 e. The van der Waals surface area contributed by atoms with Crippen molar-refractivity contribution in [1.29, 1.82) is 0 Å². The van der Waals surface area contributed by atoms with Crippen LogP contribution in [0.5, 0.6) is 11.5 Å². The molecule has 0 aromatic heterocycles. The number of rotatable bonds is 14. The first kappa shape index (κ1) is 25.0. The Labute approximate surface area is 184 Å². The second-order valence-corrected chi connectivity index (χ2v) is 8.50. The monoisotopic (exact) mass is 421 g/mol. The molecule has 5 heteroatoms. The van der Waals surface area contributed by atoms with Crippen LogP contribution < -0.4 is 9.47 Å². The SMILES string of the molecule is CCCCOC(C)CCN(C)[C@@H]1CCCC[C@H]1OCCc1ccc(OC)c(OC)c1. The molecule has 1 fully saturated rings. The fraction of sp³-hybridized carbons (Fsp3) is 0.760. The van der Waals surface area contributed by atoms with Gasteiger partial charge in [-0.05, 0) is 63.8 Å². The molecule has 1 aromatic rings. The van der Waals surface area contributed by atoms with E-state index >= 15 is 0 Å². The molecule has 1 unspecified atom stereocenters. The van der Waals surface area contributed by atoms with Gasteiger partial charge in [0.15, 0.2) is 11.5 Å². The molecular weight excluding hydrogens is 378 g/mol. The van der Waals surface area contributed by atoms with Gasteiger partial charge in [-0.1, -0.05) is 32.3 Å². The van der Waals surface area contributed by atoms with Crippen LogP contribution >= 0.6 is 0 Å². The minimum atomic E-state index is 0.320. The van der Waals surface area contributed by atoms with Crippen molar-refractivity contribution in [1.82, 2.24) is 4.90 Å². The summed E-state index contributed by atoms with van der Waals surface area (Å²) >= 11 is 0. The van der Waals surface area contributed by atoms with Crippen LogP contribution in [0.3, 0.4) is 0 Å². The first-order chi connectivity index (χ1) is 14.6. The molecule has 2 rings (SSSR count). The Morgan fingerprint density at radius 2 is 1.83 bits per heavy atom. The lowest BCUT2D eigenvalue weighted by Crippen LogP contribution is -2.45. The molecule has 0 N–H and O–H groups in total. The second kappa shape index (κ2) is 13.9. The molecule has 0 heterocycles. The minimum absolute atomic E-state index is 0.320. The van der Waals surface area contributed by atoms with Gasteiger partial charge in [0.1, 0.15) is 0 Å². The van der Waals surface area contributed by atoms with Crippen LogP contribution in [0.25, 0.3) is 0 Å². The predicted molar refractivity (Wildman–Crippen MR) is 123 cm³/mol. The van der Waals surface area contributed by atoms with Gasteiger partial charge in [0.25, 0.3) is 0 Å². The van der Waals surface area contributed by atoms with E-state index < -0.39 is 0 Å². The van der Waals surface area contributed by atoms with Gasteiger partial charge in [0.2, 0.25) is 0 Å². The van der Waals surface area contributed by atoms with Crippen LogP contribution in [-0.2, 0) is 15.9 Å². The predicted octanol–water partition coefficient (Wildman–Crippen LogP) is 5.10.